The van der Waals surface area contributed by atoms with Crippen molar-refractivity contribution in [1.82, 2.24) is 0 Å². The van der Waals surface area contributed by atoms with Crippen LogP contribution in [0.2, 0.25) is 0 Å². The fourth-order valence-electron chi connectivity index (χ4n) is 0.598. The van der Waals surface area contributed by atoms with Crippen LogP contribution < -0.4 is 0 Å². The second-order valence-electron chi connectivity index (χ2n) is 1.90. The summed E-state index contributed by atoms with van der Waals surface area (Å²) in [4.78, 5) is 0. The van der Waals surface area contributed by atoms with Crippen molar-refractivity contribution in [2.45, 2.75) is 18.9 Å². The van der Waals surface area contributed by atoms with Crippen molar-refractivity contribution in [3.05, 3.63) is 11.7 Å². The van der Waals surface area contributed by atoms with E-state index in [2.05, 4.69) is 4.74 Å². The van der Waals surface area contributed by atoms with E-state index in [1.165, 1.54) is 0 Å². The van der Waals surface area contributed by atoms with Gasteiger partial charge in [-0.25, -0.2) is 22.0 Å². The average molecular weight is 174 g/mol. The molecule has 0 radical (unpaired) electrons. The predicted octanol–water partition coefficient (Wildman–Crippen LogP) is 2.10. The van der Waals surface area contributed by atoms with Crippen molar-refractivity contribution < 1.29 is 26.7 Å². The van der Waals surface area contributed by atoms with Crippen LogP contribution in [0.3, 0.4) is 0 Å². The molecule has 1 heterocycles. The van der Waals surface area contributed by atoms with Crippen LogP contribution in [-0.2, 0) is 4.74 Å². The minimum absolute atomic E-state index is 2.04. The molecule has 11 heavy (non-hydrogen) atoms. The molecule has 1 aliphatic rings. The third kappa shape index (κ3) is 1.35. The number of rotatable bonds is 0. The summed E-state index contributed by atoms with van der Waals surface area (Å²) in [5.74, 6) is -4.11. The molecule has 3 atom stereocenters. The van der Waals surface area contributed by atoms with Gasteiger partial charge in [0.05, 0.1) is 0 Å². The summed E-state index contributed by atoms with van der Waals surface area (Å²) in [5, 5.41) is 0. The Kier molecular flexibility index (Phi) is 2.12. The molecule has 0 saturated heterocycles. The molecular formula is C5H3F5O. The van der Waals surface area contributed by atoms with Gasteiger partial charge >= 0.3 is 0 Å². The first-order chi connectivity index (χ1) is 5.04. The standard InChI is InChI=1S/C5H3F5O/c6-1-2(7)4(9)11-5(10)3(1)8/h2,4-5H. The smallest absolute Gasteiger partial charge is 0.256 e. The van der Waals surface area contributed by atoms with Crippen LogP contribution in [0.1, 0.15) is 0 Å². The van der Waals surface area contributed by atoms with Crippen LogP contribution in [0.25, 0.3) is 0 Å². The van der Waals surface area contributed by atoms with Gasteiger partial charge in [0, 0.05) is 0 Å². The summed E-state index contributed by atoms with van der Waals surface area (Å²) >= 11 is 0. The summed E-state index contributed by atoms with van der Waals surface area (Å²) < 4.78 is 63.4. The van der Waals surface area contributed by atoms with Gasteiger partial charge in [0.15, 0.2) is 11.7 Å². The van der Waals surface area contributed by atoms with E-state index in [1.807, 2.05) is 0 Å². The van der Waals surface area contributed by atoms with Crippen molar-refractivity contribution in [2.24, 2.45) is 0 Å². The normalized spacial score (nSPS) is 39.5. The van der Waals surface area contributed by atoms with E-state index in [0.717, 1.165) is 0 Å². The van der Waals surface area contributed by atoms with Crippen LogP contribution in [0.5, 0.6) is 0 Å². The molecule has 0 aliphatic carbocycles. The number of ether oxygens (including phenoxy) is 1. The lowest BCUT2D eigenvalue weighted by molar-refractivity contribution is -0.170. The highest BCUT2D eigenvalue weighted by atomic mass is 19.2. The van der Waals surface area contributed by atoms with Gasteiger partial charge in [-0.3, -0.25) is 0 Å². The number of hydrogen-bond donors (Lipinski definition) is 0. The summed E-state index contributed by atoms with van der Waals surface area (Å²) in [6, 6.07) is 0. The van der Waals surface area contributed by atoms with Gasteiger partial charge in [-0.2, -0.15) is 0 Å². The molecule has 1 rings (SSSR count). The largest absolute Gasteiger partial charge is 0.304 e. The van der Waals surface area contributed by atoms with Gasteiger partial charge < -0.3 is 4.74 Å². The molecule has 0 aromatic rings. The second-order valence-corrected chi connectivity index (χ2v) is 1.90. The van der Waals surface area contributed by atoms with Crippen molar-refractivity contribution in [1.29, 1.82) is 0 Å². The SMILES string of the molecule is FC1=C(F)C(F)C(F)OC1F. The molecule has 0 saturated carbocycles. The predicted molar refractivity (Wildman–Crippen MR) is 25.0 cm³/mol. The van der Waals surface area contributed by atoms with Gasteiger partial charge in [-0.1, -0.05) is 0 Å². The third-order valence-electron chi connectivity index (χ3n) is 1.15. The second kappa shape index (κ2) is 2.77. The van der Waals surface area contributed by atoms with Crippen LogP contribution in [0.4, 0.5) is 22.0 Å². The Bertz CT molecular complexity index is 191. The zero-order valence-corrected chi connectivity index (χ0v) is 5.03. The molecule has 0 aromatic heterocycles. The molecule has 64 valence electrons. The Morgan fingerprint density at radius 3 is 2.09 bits per heavy atom. The maximum atomic E-state index is 12.1. The maximum absolute atomic E-state index is 12.1. The Morgan fingerprint density at radius 2 is 1.55 bits per heavy atom. The zero-order valence-electron chi connectivity index (χ0n) is 5.03. The summed E-state index contributed by atoms with van der Waals surface area (Å²) in [6.07, 6.45) is -8.47. The fraction of sp³-hybridized carbons (Fsp3) is 0.600. The molecule has 0 spiro atoms. The number of halogens is 5. The molecule has 6 heteroatoms. The van der Waals surface area contributed by atoms with Crippen molar-refractivity contribution in [3.63, 3.8) is 0 Å². The molecule has 0 aromatic carbocycles. The highest BCUT2D eigenvalue weighted by molar-refractivity contribution is 5.11. The Hall–Kier alpha value is -0.650. The van der Waals surface area contributed by atoms with Gasteiger partial charge in [0.2, 0.25) is 12.5 Å². The molecular weight excluding hydrogens is 171 g/mol. The van der Waals surface area contributed by atoms with E-state index in [-0.39, 0.29) is 0 Å². The Balaban J connectivity index is 2.89. The molecule has 3 unspecified atom stereocenters. The van der Waals surface area contributed by atoms with Crippen LogP contribution in [0.15, 0.2) is 11.7 Å². The average Bonchev–Trinajstić information content (AvgIpc) is 1.97. The summed E-state index contributed by atoms with van der Waals surface area (Å²) in [6.45, 7) is 0. The third-order valence-corrected chi connectivity index (χ3v) is 1.15. The molecule has 0 N–H and O–H groups in total. The monoisotopic (exact) mass is 174 g/mol. The van der Waals surface area contributed by atoms with E-state index in [9.17, 15) is 22.0 Å². The highest BCUT2D eigenvalue weighted by Crippen LogP contribution is 2.31. The van der Waals surface area contributed by atoms with Gasteiger partial charge in [0.25, 0.3) is 6.36 Å². The molecule has 1 aliphatic heterocycles. The molecule has 0 bridgehead atoms. The minimum Gasteiger partial charge on any atom is -0.304 e. The van der Waals surface area contributed by atoms with E-state index >= 15 is 0 Å². The number of alkyl halides is 3. The lowest BCUT2D eigenvalue weighted by Gasteiger charge is -2.20. The molecule has 0 amide bonds. The van der Waals surface area contributed by atoms with Gasteiger partial charge in [-0.05, 0) is 0 Å². The summed E-state index contributed by atoms with van der Waals surface area (Å²) in [5.41, 5.74) is 0. The quantitative estimate of drug-likeness (QED) is 0.511. The molecule has 1 nitrogen and oxygen atoms in total. The van der Waals surface area contributed by atoms with E-state index in [1.54, 1.807) is 0 Å². The minimum atomic E-state index is -2.86. The fourth-order valence-corrected chi connectivity index (χ4v) is 0.598. The summed E-state index contributed by atoms with van der Waals surface area (Å²) in [7, 11) is 0. The first-order valence-electron chi connectivity index (χ1n) is 2.66. The Morgan fingerprint density at radius 1 is 1.00 bits per heavy atom. The van der Waals surface area contributed by atoms with Crippen molar-refractivity contribution in [3.8, 4) is 0 Å². The topological polar surface area (TPSA) is 9.23 Å². The van der Waals surface area contributed by atoms with Gasteiger partial charge in [0.1, 0.15) is 0 Å². The van der Waals surface area contributed by atoms with Crippen molar-refractivity contribution in [2.75, 3.05) is 0 Å². The number of hydrogen-bond acceptors (Lipinski definition) is 1. The first kappa shape index (κ1) is 8.45. The van der Waals surface area contributed by atoms with E-state index in [4.69, 9.17) is 0 Å². The first-order valence-corrected chi connectivity index (χ1v) is 2.66. The van der Waals surface area contributed by atoms with Gasteiger partial charge in [-0.15, -0.1) is 0 Å². The maximum Gasteiger partial charge on any atom is 0.256 e. The lowest BCUT2D eigenvalue weighted by Crippen LogP contribution is -2.32. The van der Waals surface area contributed by atoms with E-state index < -0.39 is 30.5 Å². The lowest BCUT2D eigenvalue weighted by atomic mass is 10.2. The zero-order chi connectivity index (χ0) is 8.59. The Labute approximate surface area is 58.4 Å². The van der Waals surface area contributed by atoms with Crippen LogP contribution in [-0.4, -0.2) is 18.9 Å². The van der Waals surface area contributed by atoms with E-state index in [0.29, 0.717) is 0 Å². The van der Waals surface area contributed by atoms with Crippen LogP contribution in [0, 0.1) is 0 Å². The molecule has 0 fully saturated rings. The highest BCUT2D eigenvalue weighted by Gasteiger charge is 2.39. The van der Waals surface area contributed by atoms with Crippen LogP contribution >= 0.6 is 0 Å². The van der Waals surface area contributed by atoms with Crippen molar-refractivity contribution >= 4 is 0 Å².